The van der Waals surface area contributed by atoms with Gasteiger partial charge in [-0.05, 0) is 26.0 Å². The van der Waals surface area contributed by atoms with Crippen molar-refractivity contribution in [2.45, 2.75) is 19.4 Å². The van der Waals surface area contributed by atoms with Crippen molar-refractivity contribution in [1.29, 1.82) is 0 Å². The summed E-state index contributed by atoms with van der Waals surface area (Å²) in [6, 6.07) is 5.47. The minimum atomic E-state index is -0.412. The van der Waals surface area contributed by atoms with Crippen LogP contribution < -0.4 is 10.6 Å². The summed E-state index contributed by atoms with van der Waals surface area (Å²) in [4.78, 5) is 2.18. The molecule has 0 aliphatic rings. The molecule has 0 spiro atoms. The van der Waals surface area contributed by atoms with Crippen molar-refractivity contribution >= 4 is 34.5 Å². The van der Waals surface area contributed by atoms with E-state index in [0.29, 0.717) is 10.6 Å². The Labute approximate surface area is 112 Å². The molecule has 1 aromatic rings. The fraction of sp³-hybridized carbons (Fsp3) is 0.417. The molecular formula is C12H17ClN2OS. The highest BCUT2D eigenvalue weighted by atomic mass is 35.5. The van der Waals surface area contributed by atoms with Gasteiger partial charge < -0.3 is 15.7 Å². The number of rotatable bonds is 4. The van der Waals surface area contributed by atoms with E-state index in [4.69, 9.17) is 29.6 Å². The van der Waals surface area contributed by atoms with Gasteiger partial charge in [0.25, 0.3) is 0 Å². The van der Waals surface area contributed by atoms with Crippen LogP contribution in [-0.4, -0.2) is 29.3 Å². The molecule has 1 aromatic carbocycles. The number of aliphatic hydroxyl groups excluding tert-OH is 1. The molecule has 0 atom stereocenters. The molecule has 0 saturated carbocycles. The van der Waals surface area contributed by atoms with E-state index >= 15 is 0 Å². The lowest BCUT2D eigenvalue weighted by molar-refractivity contribution is 0.216. The maximum atomic E-state index is 9.39. The van der Waals surface area contributed by atoms with Gasteiger partial charge in [0, 0.05) is 12.7 Å². The smallest absolute Gasteiger partial charge is 0.107 e. The van der Waals surface area contributed by atoms with E-state index in [9.17, 15) is 5.11 Å². The van der Waals surface area contributed by atoms with E-state index in [-0.39, 0.29) is 11.6 Å². The first kappa shape index (κ1) is 14.2. The highest BCUT2D eigenvalue weighted by molar-refractivity contribution is 7.80. The van der Waals surface area contributed by atoms with E-state index in [2.05, 4.69) is 0 Å². The second kappa shape index (κ2) is 5.21. The van der Waals surface area contributed by atoms with Crippen molar-refractivity contribution < 1.29 is 5.11 Å². The molecule has 0 aliphatic carbocycles. The molecule has 0 amide bonds. The third-order valence-corrected chi connectivity index (χ3v) is 3.41. The second-order valence-electron chi connectivity index (χ2n) is 4.53. The monoisotopic (exact) mass is 272 g/mol. The summed E-state index contributed by atoms with van der Waals surface area (Å²) in [5, 5.41) is 9.91. The lowest BCUT2D eigenvalue weighted by Crippen LogP contribution is -2.45. The highest BCUT2D eigenvalue weighted by Crippen LogP contribution is 2.30. The van der Waals surface area contributed by atoms with Gasteiger partial charge in [0.1, 0.15) is 4.99 Å². The Morgan fingerprint density at radius 2 is 2.12 bits per heavy atom. The summed E-state index contributed by atoms with van der Waals surface area (Å²) < 4.78 is 0. The molecule has 5 heteroatoms. The van der Waals surface area contributed by atoms with Crippen LogP contribution in [0.3, 0.4) is 0 Å². The van der Waals surface area contributed by atoms with Crippen LogP contribution in [0.15, 0.2) is 18.2 Å². The second-order valence-corrected chi connectivity index (χ2v) is 5.37. The van der Waals surface area contributed by atoms with Crippen molar-refractivity contribution in [3.05, 3.63) is 28.8 Å². The van der Waals surface area contributed by atoms with Gasteiger partial charge in [-0.1, -0.05) is 29.9 Å². The topological polar surface area (TPSA) is 49.5 Å². The lowest BCUT2D eigenvalue weighted by Gasteiger charge is -2.37. The number of hydrogen-bond acceptors (Lipinski definition) is 3. The molecule has 0 bridgehead atoms. The average Bonchev–Trinajstić information content (AvgIpc) is 2.27. The minimum absolute atomic E-state index is 0.0206. The van der Waals surface area contributed by atoms with Gasteiger partial charge in [0.2, 0.25) is 0 Å². The summed E-state index contributed by atoms with van der Waals surface area (Å²) in [6.45, 7) is 3.88. The molecule has 0 heterocycles. The molecule has 94 valence electrons. The van der Waals surface area contributed by atoms with Crippen LogP contribution in [-0.2, 0) is 0 Å². The zero-order valence-corrected chi connectivity index (χ0v) is 11.8. The number of nitrogens with zero attached hydrogens (tertiary/aromatic N) is 1. The molecule has 17 heavy (non-hydrogen) atoms. The molecule has 0 radical (unpaired) electrons. The maximum absolute atomic E-state index is 9.39. The van der Waals surface area contributed by atoms with Gasteiger partial charge in [0.15, 0.2) is 0 Å². The van der Waals surface area contributed by atoms with Crippen molar-refractivity contribution in [2.75, 3.05) is 18.6 Å². The summed E-state index contributed by atoms with van der Waals surface area (Å²) in [6.07, 6.45) is 0. The molecule has 0 aromatic heterocycles. The zero-order chi connectivity index (χ0) is 13.2. The Morgan fingerprint density at radius 1 is 1.53 bits per heavy atom. The fourth-order valence-corrected chi connectivity index (χ4v) is 2.01. The van der Waals surface area contributed by atoms with Gasteiger partial charge in [-0.15, -0.1) is 0 Å². The Hall–Kier alpha value is -0.840. The lowest BCUT2D eigenvalue weighted by atomic mass is 10.0. The number of aliphatic hydroxyl groups is 1. The fourth-order valence-electron chi connectivity index (χ4n) is 1.47. The van der Waals surface area contributed by atoms with E-state index < -0.39 is 5.54 Å². The van der Waals surface area contributed by atoms with Crippen molar-refractivity contribution in [3.63, 3.8) is 0 Å². The van der Waals surface area contributed by atoms with Crippen LogP contribution in [0.5, 0.6) is 0 Å². The molecule has 0 aliphatic heterocycles. The van der Waals surface area contributed by atoms with Crippen molar-refractivity contribution in [2.24, 2.45) is 5.73 Å². The predicted molar refractivity (Wildman–Crippen MR) is 76.9 cm³/mol. The number of halogens is 1. The van der Waals surface area contributed by atoms with Gasteiger partial charge in [-0.2, -0.15) is 0 Å². The first-order valence-electron chi connectivity index (χ1n) is 5.24. The molecule has 3 N–H and O–H groups in total. The number of nitrogens with two attached hydrogens (primary N) is 1. The van der Waals surface area contributed by atoms with E-state index in [0.717, 1.165) is 5.69 Å². The summed E-state index contributed by atoms with van der Waals surface area (Å²) in [5.41, 5.74) is 6.75. The van der Waals surface area contributed by atoms with Crippen LogP contribution in [0.2, 0.25) is 5.02 Å². The zero-order valence-electron chi connectivity index (χ0n) is 10.2. The Balaban J connectivity index is 3.32. The Kier molecular flexibility index (Phi) is 4.36. The van der Waals surface area contributed by atoms with Gasteiger partial charge >= 0.3 is 0 Å². The minimum Gasteiger partial charge on any atom is -0.394 e. The average molecular weight is 273 g/mol. The van der Waals surface area contributed by atoms with E-state index in [1.807, 2.05) is 37.9 Å². The first-order chi connectivity index (χ1) is 7.81. The van der Waals surface area contributed by atoms with Crippen LogP contribution in [0, 0.1) is 0 Å². The normalized spacial score (nSPS) is 11.4. The van der Waals surface area contributed by atoms with Crippen LogP contribution in [0.25, 0.3) is 0 Å². The van der Waals surface area contributed by atoms with Crippen molar-refractivity contribution in [1.82, 2.24) is 0 Å². The Morgan fingerprint density at radius 3 is 2.59 bits per heavy atom. The summed E-state index contributed by atoms with van der Waals surface area (Å²) >= 11 is 11.1. The number of hydrogen-bond donors (Lipinski definition) is 2. The molecule has 0 fully saturated rings. The summed E-state index contributed by atoms with van der Waals surface area (Å²) in [7, 11) is 1.88. The standard InChI is InChI=1S/C12H17ClN2OS/c1-12(2,7-16)15(3)9-6-4-5-8(13)10(9)11(14)17/h4-6,16H,7H2,1-3H3,(H2,14,17). The Bertz CT molecular complexity index is 435. The number of thiocarbonyl (C=S) groups is 1. The number of anilines is 1. The number of likely N-dealkylation sites (N-methyl/N-ethyl adjacent to an activating group) is 1. The maximum Gasteiger partial charge on any atom is 0.107 e. The van der Waals surface area contributed by atoms with Gasteiger partial charge in [-0.25, -0.2) is 0 Å². The molecular weight excluding hydrogens is 256 g/mol. The molecule has 0 saturated heterocycles. The SMILES string of the molecule is CN(c1cccc(Cl)c1C(N)=S)C(C)(C)CO. The summed E-state index contributed by atoms with van der Waals surface area (Å²) in [5.74, 6) is 0. The van der Waals surface area contributed by atoms with E-state index in [1.54, 1.807) is 6.07 Å². The van der Waals surface area contributed by atoms with Crippen LogP contribution in [0.1, 0.15) is 19.4 Å². The molecule has 1 rings (SSSR count). The number of benzene rings is 1. The highest BCUT2D eigenvalue weighted by Gasteiger charge is 2.25. The van der Waals surface area contributed by atoms with Gasteiger partial charge in [-0.3, -0.25) is 0 Å². The largest absolute Gasteiger partial charge is 0.394 e. The predicted octanol–water partition coefficient (Wildman–Crippen LogP) is 2.18. The quantitative estimate of drug-likeness (QED) is 0.825. The van der Waals surface area contributed by atoms with Crippen LogP contribution >= 0.6 is 23.8 Å². The van der Waals surface area contributed by atoms with Gasteiger partial charge in [0.05, 0.1) is 22.7 Å². The molecule has 0 unspecified atom stereocenters. The molecule has 3 nitrogen and oxygen atoms in total. The first-order valence-corrected chi connectivity index (χ1v) is 6.03. The van der Waals surface area contributed by atoms with E-state index in [1.165, 1.54) is 0 Å². The third kappa shape index (κ3) is 2.89. The van der Waals surface area contributed by atoms with Crippen LogP contribution in [0.4, 0.5) is 5.69 Å². The van der Waals surface area contributed by atoms with Crippen molar-refractivity contribution in [3.8, 4) is 0 Å². The third-order valence-electron chi connectivity index (χ3n) is 2.89.